The highest BCUT2D eigenvalue weighted by molar-refractivity contribution is 7.89. The quantitative estimate of drug-likeness (QED) is 0.269. The van der Waals surface area contributed by atoms with Crippen molar-refractivity contribution in [3.8, 4) is 0 Å². The molecular weight excluding hydrogens is 352 g/mol. The van der Waals surface area contributed by atoms with Crippen molar-refractivity contribution in [3.63, 3.8) is 0 Å². The fourth-order valence-corrected chi connectivity index (χ4v) is 3.72. The van der Waals surface area contributed by atoms with Gasteiger partial charge in [0.05, 0.1) is 11.9 Å². The fraction of sp³-hybridized carbons (Fsp3) is 0.944. The van der Waals surface area contributed by atoms with Crippen molar-refractivity contribution in [2.45, 2.75) is 65.4 Å². The van der Waals surface area contributed by atoms with E-state index in [2.05, 4.69) is 34.2 Å². The molecule has 0 aliphatic carbocycles. The average Bonchev–Trinajstić information content (AvgIpc) is 2.60. The van der Waals surface area contributed by atoms with Crippen LogP contribution in [0.15, 0.2) is 4.99 Å². The molecule has 1 unspecified atom stereocenters. The zero-order valence-corrected chi connectivity index (χ0v) is 17.5. The van der Waals surface area contributed by atoms with Crippen LogP contribution in [0.25, 0.3) is 0 Å². The zero-order chi connectivity index (χ0) is 19.3. The number of ether oxygens (including phenoxy) is 1. The molecule has 26 heavy (non-hydrogen) atoms. The Morgan fingerprint density at radius 3 is 2.69 bits per heavy atom. The Kier molecular flexibility index (Phi) is 11.9. The van der Waals surface area contributed by atoms with Crippen molar-refractivity contribution < 1.29 is 13.2 Å². The lowest BCUT2D eigenvalue weighted by Gasteiger charge is -2.22. The standard InChI is InChI=1S/C18H38N4O3S/c1-4-19-18(20-11-7-5-9-16(2)3)21-12-14-26(23,24)22-15-17-10-6-8-13-25-17/h16-17,22H,4-15H2,1-3H3,(H2,19,20,21). The summed E-state index contributed by atoms with van der Waals surface area (Å²) < 4.78 is 32.4. The summed E-state index contributed by atoms with van der Waals surface area (Å²) in [5.41, 5.74) is 0. The molecule has 8 heteroatoms. The van der Waals surface area contributed by atoms with Crippen molar-refractivity contribution in [2.75, 3.05) is 38.5 Å². The number of nitrogens with zero attached hydrogens (tertiary/aromatic N) is 1. The molecule has 1 fully saturated rings. The third-order valence-electron chi connectivity index (χ3n) is 4.27. The number of aliphatic imine (C=N–C) groups is 1. The van der Waals surface area contributed by atoms with E-state index in [0.29, 0.717) is 19.0 Å². The monoisotopic (exact) mass is 390 g/mol. The minimum Gasteiger partial charge on any atom is -0.377 e. The number of hydrogen-bond donors (Lipinski definition) is 3. The van der Waals surface area contributed by atoms with Gasteiger partial charge in [-0.1, -0.05) is 26.7 Å². The summed E-state index contributed by atoms with van der Waals surface area (Å²) in [5.74, 6) is 1.43. The Labute approximate surface area is 159 Å². The molecular formula is C18H38N4O3S. The number of unbranched alkanes of at least 4 members (excludes halogenated alkanes) is 1. The van der Waals surface area contributed by atoms with Crippen LogP contribution in [0.3, 0.4) is 0 Å². The summed E-state index contributed by atoms with van der Waals surface area (Å²) in [5, 5.41) is 6.26. The van der Waals surface area contributed by atoms with Gasteiger partial charge in [-0.25, -0.2) is 13.1 Å². The number of sulfonamides is 1. The molecule has 3 N–H and O–H groups in total. The lowest BCUT2D eigenvalue weighted by molar-refractivity contribution is 0.0200. The molecule has 1 heterocycles. The van der Waals surface area contributed by atoms with Crippen molar-refractivity contribution >= 4 is 16.0 Å². The van der Waals surface area contributed by atoms with Gasteiger partial charge in [-0.05, 0) is 38.5 Å². The van der Waals surface area contributed by atoms with Crippen LogP contribution in [0.4, 0.5) is 0 Å². The van der Waals surface area contributed by atoms with E-state index >= 15 is 0 Å². The van der Waals surface area contributed by atoms with Crippen molar-refractivity contribution in [3.05, 3.63) is 0 Å². The van der Waals surface area contributed by atoms with Crippen LogP contribution < -0.4 is 15.4 Å². The van der Waals surface area contributed by atoms with E-state index in [9.17, 15) is 8.42 Å². The molecule has 7 nitrogen and oxygen atoms in total. The third kappa shape index (κ3) is 11.7. The van der Waals surface area contributed by atoms with Gasteiger partial charge in [-0.2, -0.15) is 0 Å². The second kappa shape index (κ2) is 13.3. The average molecular weight is 391 g/mol. The Morgan fingerprint density at radius 1 is 1.23 bits per heavy atom. The molecule has 1 saturated heterocycles. The van der Waals surface area contributed by atoms with Gasteiger partial charge < -0.3 is 15.4 Å². The van der Waals surface area contributed by atoms with E-state index < -0.39 is 10.0 Å². The van der Waals surface area contributed by atoms with E-state index in [4.69, 9.17) is 4.74 Å². The summed E-state index contributed by atoms with van der Waals surface area (Å²) in [6, 6.07) is 0. The Balaban J connectivity index is 2.26. The maximum Gasteiger partial charge on any atom is 0.213 e. The maximum atomic E-state index is 12.1. The zero-order valence-electron chi connectivity index (χ0n) is 16.7. The first-order valence-corrected chi connectivity index (χ1v) is 11.7. The molecule has 1 aliphatic rings. The Bertz CT molecular complexity index is 489. The first-order chi connectivity index (χ1) is 12.4. The third-order valence-corrected chi connectivity index (χ3v) is 5.62. The van der Waals surface area contributed by atoms with Gasteiger partial charge in [0.1, 0.15) is 0 Å². The Morgan fingerprint density at radius 2 is 2.04 bits per heavy atom. The van der Waals surface area contributed by atoms with Gasteiger partial charge in [0.2, 0.25) is 10.0 Å². The van der Waals surface area contributed by atoms with E-state index in [1.54, 1.807) is 0 Å². The first-order valence-electron chi connectivity index (χ1n) is 10.0. The predicted octanol–water partition coefficient (Wildman–Crippen LogP) is 1.86. The number of hydrogen-bond acceptors (Lipinski definition) is 4. The van der Waals surface area contributed by atoms with Gasteiger partial charge in [-0.15, -0.1) is 0 Å². The second-order valence-electron chi connectivity index (χ2n) is 7.23. The molecule has 0 amide bonds. The fourth-order valence-electron chi connectivity index (χ4n) is 2.76. The molecule has 0 bridgehead atoms. The normalized spacial score (nSPS) is 18.9. The highest BCUT2D eigenvalue weighted by Gasteiger charge is 2.17. The molecule has 0 spiro atoms. The lowest BCUT2D eigenvalue weighted by Crippen LogP contribution is -2.42. The molecule has 0 saturated carbocycles. The van der Waals surface area contributed by atoms with Crippen LogP contribution in [-0.2, 0) is 14.8 Å². The number of nitrogens with one attached hydrogen (secondary N) is 3. The van der Waals surface area contributed by atoms with E-state index in [0.717, 1.165) is 51.3 Å². The van der Waals surface area contributed by atoms with Gasteiger partial charge >= 0.3 is 0 Å². The molecule has 1 atom stereocenters. The number of rotatable bonds is 12. The van der Waals surface area contributed by atoms with Crippen molar-refractivity contribution in [2.24, 2.45) is 10.9 Å². The summed E-state index contributed by atoms with van der Waals surface area (Å²) in [4.78, 5) is 4.51. The summed E-state index contributed by atoms with van der Waals surface area (Å²) in [6.45, 7) is 9.39. The van der Waals surface area contributed by atoms with Crippen molar-refractivity contribution in [1.29, 1.82) is 0 Å². The van der Waals surface area contributed by atoms with E-state index in [1.165, 1.54) is 12.8 Å². The smallest absolute Gasteiger partial charge is 0.213 e. The largest absolute Gasteiger partial charge is 0.377 e. The highest BCUT2D eigenvalue weighted by atomic mass is 32.2. The van der Waals surface area contributed by atoms with Gasteiger partial charge in [-0.3, -0.25) is 4.99 Å². The molecule has 1 aliphatic heterocycles. The molecule has 1 rings (SSSR count). The van der Waals surface area contributed by atoms with E-state index in [-0.39, 0.29) is 11.9 Å². The summed E-state index contributed by atoms with van der Waals surface area (Å²) in [6.07, 6.45) is 6.54. The lowest BCUT2D eigenvalue weighted by atomic mass is 10.1. The number of guanidine groups is 1. The Hall–Kier alpha value is -0.860. The van der Waals surface area contributed by atoms with Crippen LogP contribution in [-0.4, -0.2) is 59.0 Å². The molecule has 154 valence electrons. The summed E-state index contributed by atoms with van der Waals surface area (Å²) >= 11 is 0. The predicted molar refractivity (Wildman–Crippen MR) is 108 cm³/mol. The van der Waals surface area contributed by atoms with Crippen LogP contribution in [0.5, 0.6) is 0 Å². The molecule has 0 aromatic carbocycles. The molecule has 0 aromatic rings. The van der Waals surface area contributed by atoms with Crippen LogP contribution in [0.2, 0.25) is 0 Å². The topological polar surface area (TPSA) is 91.8 Å². The van der Waals surface area contributed by atoms with Gasteiger partial charge in [0.15, 0.2) is 5.96 Å². The summed E-state index contributed by atoms with van der Waals surface area (Å²) in [7, 11) is -3.31. The highest BCUT2D eigenvalue weighted by Crippen LogP contribution is 2.11. The van der Waals surface area contributed by atoms with Crippen molar-refractivity contribution in [1.82, 2.24) is 15.4 Å². The second-order valence-corrected chi connectivity index (χ2v) is 9.16. The van der Waals surface area contributed by atoms with Crippen LogP contribution in [0.1, 0.15) is 59.3 Å². The van der Waals surface area contributed by atoms with Crippen LogP contribution >= 0.6 is 0 Å². The first kappa shape index (κ1) is 23.2. The van der Waals surface area contributed by atoms with Gasteiger partial charge in [0, 0.05) is 32.8 Å². The SMILES string of the molecule is CCNC(=NCCCCC(C)C)NCCS(=O)(=O)NCC1CCCCO1. The minimum atomic E-state index is -3.31. The molecule has 0 aromatic heterocycles. The minimum absolute atomic E-state index is 0.0104. The van der Waals surface area contributed by atoms with E-state index in [1.807, 2.05) is 6.92 Å². The maximum absolute atomic E-state index is 12.1. The molecule has 0 radical (unpaired) electrons. The van der Waals surface area contributed by atoms with Gasteiger partial charge in [0.25, 0.3) is 0 Å². The van der Waals surface area contributed by atoms with Crippen LogP contribution in [0, 0.1) is 5.92 Å².